The van der Waals surface area contributed by atoms with E-state index in [0.29, 0.717) is 10.6 Å². The normalized spacial score (nSPS) is 10.2. The van der Waals surface area contributed by atoms with Crippen LogP contribution in [0.5, 0.6) is 0 Å². The zero-order valence-corrected chi connectivity index (χ0v) is 7.86. The average Bonchev–Trinajstić information content (AvgIpc) is 2.12. The SMILES string of the molecule is Cc1c(Cl)ccc(F)c1C(=O)CN. The molecule has 0 heterocycles. The van der Waals surface area contributed by atoms with Gasteiger partial charge in [0.2, 0.25) is 0 Å². The molecule has 4 heteroatoms. The van der Waals surface area contributed by atoms with Crippen molar-refractivity contribution >= 4 is 17.4 Å². The topological polar surface area (TPSA) is 43.1 Å². The number of carbonyl (C=O) groups is 1. The summed E-state index contributed by atoms with van der Waals surface area (Å²) >= 11 is 5.73. The highest BCUT2D eigenvalue weighted by atomic mass is 35.5. The number of halogens is 2. The summed E-state index contributed by atoms with van der Waals surface area (Å²) in [6.45, 7) is 1.38. The van der Waals surface area contributed by atoms with Crippen LogP contribution in [0.2, 0.25) is 5.02 Å². The quantitative estimate of drug-likeness (QED) is 0.743. The monoisotopic (exact) mass is 201 g/mol. The van der Waals surface area contributed by atoms with Crippen molar-refractivity contribution in [2.45, 2.75) is 6.92 Å². The lowest BCUT2D eigenvalue weighted by atomic mass is 10.0. The average molecular weight is 202 g/mol. The number of Topliss-reactive ketones (excluding diaryl/α,β-unsaturated/α-hetero) is 1. The van der Waals surface area contributed by atoms with Crippen molar-refractivity contribution in [3.05, 3.63) is 34.1 Å². The first-order valence-electron chi connectivity index (χ1n) is 3.75. The molecule has 0 amide bonds. The van der Waals surface area contributed by atoms with Gasteiger partial charge < -0.3 is 5.73 Å². The molecule has 0 saturated heterocycles. The Bertz CT molecular complexity index is 352. The molecular weight excluding hydrogens is 193 g/mol. The zero-order chi connectivity index (χ0) is 10.0. The van der Waals surface area contributed by atoms with E-state index in [2.05, 4.69) is 0 Å². The molecule has 1 aromatic rings. The first kappa shape index (κ1) is 10.2. The van der Waals surface area contributed by atoms with E-state index in [4.69, 9.17) is 17.3 Å². The summed E-state index contributed by atoms with van der Waals surface area (Å²) in [4.78, 5) is 11.2. The maximum Gasteiger partial charge on any atom is 0.179 e. The number of ketones is 1. The summed E-state index contributed by atoms with van der Waals surface area (Å²) < 4.78 is 13.1. The van der Waals surface area contributed by atoms with Gasteiger partial charge in [-0.05, 0) is 24.6 Å². The van der Waals surface area contributed by atoms with E-state index in [1.807, 2.05) is 0 Å². The van der Waals surface area contributed by atoms with Gasteiger partial charge in [-0.15, -0.1) is 0 Å². The summed E-state index contributed by atoms with van der Waals surface area (Å²) in [5.74, 6) is -1.00. The molecule has 0 spiro atoms. The molecule has 0 aliphatic carbocycles. The predicted octanol–water partition coefficient (Wildman–Crippen LogP) is 1.93. The Morgan fingerprint density at radius 1 is 1.62 bits per heavy atom. The fourth-order valence-corrected chi connectivity index (χ4v) is 1.26. The van der Waals surface area contributed by atoms with Crippen LogP contribution in [0.15, 0.2) is 12.1 Å². The fourth-order valence-electron chi connectivity index (χ4n) is 1.10. The fraction of sp³-hybridized carbons (Fsp3) is 0.222. The van der Waals surface area contributed by atoms with Crippen molar-refractivity contribution in [3.8, 4) is 0 Å². The Morgan fingerprint density at radius 2 is 2.23 bits per heavy atom. The minimum atomic E-state index is -0.572. The predicted molar refractivity (Wildman–Crippen MR) is 49.5 cm³/mol. The van der Waals surface area contributed by atoms with Crippen molar-refractivity contribution in [3.63, 3.8) is 0 Å². The highest BCUT2D eigenvalue weighted by Gasteiger charge is 2.14. The zero-order valence-electron chi connectivity index (χ0n) is 7.10. The Kier molecular flexibility index (Phi) is 3.01. The Balaban J connectivity index is 3.33. The molecule has 1 aromatic carbocycles. The van der Waals surface area contributed by atoms with Crippen LogP contribution in [0.25, 0.3) is 0 Å². The second-order valence-electron chi connectivity index (χ2n) is 2.66. The van der Waals surface area contributed by atoms with Crippen LogP contribution < -0.4 is 5.73 Å². The molecule has 0 aromatic heterocycles. The molecule has 2 nitrogen and oxygen atoms in total. The van der Waals surface area contributed by atoms with Crippen LogP contribution in [0.3, 0.4) is 0 Å². The van der Waals surface area contributed by atoms with E-state index in [9.17, 15) is 9.18 Å². The summed E-state index contributed by atoms with van der Waals surface area (Å²) in [5.41, 5.74) is 5.57. The standard InChI is InChI=1S/C9H9ClFNO/c1-5-6(10)2-3-7(11)9(5)8(13)4-12/h2-3H,4,12H2,1H3. The molecule has 2 N–H and O–H groups in total. The van der Waals surface area contributed by atoms with Gasteiger partial charge in [-0.3, -0.25) is 4.79 Å². The lowest BCUT2D eigenvalue weighted by Gasteiger charge is -2.05. The molecule has 0 aliphatic heterocycles. The molecule has 0 saturated carbocycles. The van der Waals surface area contributed by atoms with Gasteiger partial charge in [0.1, 0.15) is 5.82 Å². The molecule has 0 unspecified atom stereocenters. The largest absolute Gasteiger partial charge is 0.324 e. The van der Waals surface area contributed by atoms with Crippen molar-refractivity contribution in [1.82, 2.24) is 0 Å². The molecular formula is C9H9ClFNO. The molecule has 0 radical (unpaired) electrons. The van der Waals surface area contributed by atoms with Gasteiger partial charge in [0.15, 0.2) is 5.78 Å². The number of hydrogen-bond acceptors (Lipinski definition) is 2. The van der Waals surface area contributed by atoms with E-state index in [-0.39, 0.29) is 12.1 Å². The Morgan fingerprint density at radius 3 is 2.77 bits per heavy atom. The third-order valence-electron chi connectivity index (χ3n) is 1.81. The van der Waals surface area contributed by atoms with Crippen molar-refractivity contribution in [2.24, 2.45) is 5.73 Å². The first-order chi connectivity index (χ1) is 6.07. The van der Waals surface area contributed by atoms with E-state index >= 15 is 0 Å². The maximum absolute atomic E-state index is 13.1. The number of benzene rings is 1. The van der Waals surface area contributed by atoms with Crippen molar-refractivity contribution in [1.29, 1.82) is 0 Å². The van der Waals surface area contributed by atoms with E-state index < -0.39 is 11.6 Å². The number of hydrogen-bond donors (Lipinski definition) is 1. The van der Waals surface area contributed by atoms with Gasteiger partial charge >= 0.3 is 0 Å². The van der Waals surface area contributed by atoms with Gasteiger partial charge in [-0.1, -0.05) is 11.6 Å². The third kappa shape index (κ3) is 1.87. The molecule has 0 atom stereocenters. The number of carbonyl (C=O) groups excluding carboxylic acids is 1. The van der Waals surface area contributed by atoms with Crippen LogP contribution in [-0.2, 0) is 0 Å². The third-order valence-corrected chi connectivity index (χ3v) is 2.22. The minimum Gasteiger partial charge on any atom is -0.324 e. The molecule has 0 fully saturated rings. The van der Waals surface area contributed by atoms with Crippen LogP contribution in [0.4, 0.5) is 4.39 Å². The lowest BCUT2D eigenvalue weighted by molar-refractivity contribution is 0.0997. The molecule has 70 valence electrons. The summed E-state index contributed by atoms with van der Waals surface area (Å²) in [6.07, 6.45) is 0. The van der Waals surface area contributed by atoms with Gasteiger partial charge in [0.25, 0.3) is 0 Å². The van der Waals surface area contributed by atoms with Crippen molar-refractivity contribution in [2.75, 3.05) is 6.54 Å². The lowest BCUT2D eigenvalue weighted by Crippen LogP contribution is -2.16. The maximum atomic E-state index is 13.1. The molecule has 0 bridgehead atoms. The van der Waals surface area contributed by atoms with E-state index in [0.717, 1.165) is 6.07 Å². The smallest absolute Gasteiger partial charge is 0.179 e. The second kappa shape index (κ2) is 3.85. The Labute approximate surface area is 80.5 Å². The molecule has 0 aliphatic rings. The minimum absolute atomic E-state index is 0.00463. The van der Waals surface area contributed by atoms with Gasteiger partial charge in [0, 0.05) is 5.02 Å². The molecule has 1 rings (SSSR count). The van der Waals surface area contributed by atoms with Crippen LogP contribution in [-0.4, -0.2) is 12.3 Å². The van der Waals surface area contributed by atoms with E-state index in [1.165, 1.54) is 6.07 Å². The highest BCUT2D eigenvalue weighted by Crippen LogP contribution is 2.21. The second-order valence-corrected chi connectivity index (χ2v) is 3.06. The van der Waals surface area contributed by atoms with Crippen LogP contribution >= 0.6 is 11.6 Å². The van der Waals surface area contributed by atoms with Crippen LogP contribution in [0, 0.1) is 12.7 Å². The van der Waals surface area contributed by atoms with Crippen LogP contribution in [0.1, 0.15) is 15.9 Å². The first-order valence-corrected chi connectivity index (χ1v) is 4.13. The summed E-state index contributed by atoms with van der Waals surface area (Å²) in [7, 11) is 0. The van der Waals surface area contributed by atoms with Gasteiger partial charge in [0.05, 0.1) is 12.1 Å². The summed E-state index contributed by atoms with van der Waals surface area (Å²) in [5, 5.41) is 0.373. The highest BCUT2D eigenvalue weighted by molar-refractivity contribution is 6.31. The van der Waals surface area contributed by atoms with Gasteiger partial charge in [-0.2, -0.15) is 0 Å². The summed E-state index contributed by atoms with van der Waals surface area (Å²) in [6, 6.07) is 2.58. The van der Waals surface area contributed by atoms with Crippen molar-refractivity contribution < 1.29 is 9.18 Å². The number of rotatable bonds is 2. The number of nitrogens with two attached hydrogens (primary N) is 1. The van der Waals surface area contributed by atoms with Gasteiger partial charge in [-0.25, -0.2) is 4.39 Å². The Hall–Kier alpha value is -0.930. The molecule has 13 heavy (non-hydrogen) atoms. The van der Waals surface area contributed by atoms with E-state index in [1.54, 1.807) is 6.92 Å².